The molecule has 0 amide bonds. The topological polar surface area (TPSA) is 44.5 Å². The minimum absolute atomic E-state index is 0.513. The first-order valence-electron chi connectivity index (χ1n) is 8.62. The summed E-state index contributed by atoms with van der Waals surface area (Å²) in [7, 11) is 4.56. The van der Waals surface area contributed by atoms with E-state index >= 15 is 0 Å². The highest BCUT2D eigenvalue weighted by molar-refractivity contribution is 5.40. The van der Waals surface area contributed by atoms with E-state index in [0.29, 0.717) is 12.1 Å². The van der Waals surface area contributed by atoms with E-state index in [4.69, 9.17) is 5.73 Å². The van der Waals surface area contributed by atoms with Crippen molar-refractivity contribution >= 4 is 5.69 Å². The zero-order chi connectivity index (χ0) is 15.5. The SMILES string of the molecule is CN1CCC(N(C)C(c2ccc(N)cc2)C2CCNCC2)C1. The Kier molecular flexibility index (Phi) is 5.01. The highest BCUT2D eigenvalue weighted by atomic mass is 15.2. The third kappa shape index (κ3) is 3.45. The molecule has 2 unspecified atom stereocenters. The number of rotatable bonds is 4. The van der Waals surface area contributed by atoms with Gasteiger partial charge in [0, 0.05) is 24.3 Å². The van der Waals surface area contributed by atoms with Crippen molar-refractivity contribution < 1.29 is 0 Å². The maximum absolute atomic E-state index is 5.89. The first-order valence-corrected chi connectivity index (χ1v) is 8.62. The third-order valence-electron chi connectivity index (χ3n) is 5.49. The number of anilines is 1. The Balaban J connectivity index is 1.83. The fourth-order valence-electron chi connectivity index (χ4n) is 4.16. The lowest BCUT2D eigenvalue weighted by molar-refractivity contribution is 0.108. The molecular formula is C18H30N4. The van der Waals surface area contributed by atoms with Gasteiger partial charge in [-0.2, -0.15) is 0 Å². The van der Waals surface area contributed by atoms with E-state index in [1.807, 2.05) is 0 Å². The smallest absolute Gasteiger partial charge is 0.0377 e. The molecule has 1 aromatic rings. The second-order valence-corrected chi connectivity index (χ2v) is 7.07. The predicted molar refractivity (Wildman–Crippen MR) is 92.9 cm³/mol. The molecule has 0 aromatic heterocycles. The van der Waals surface area contributed by atoms with E-state index < -0.39 is 0 Å². The predicted octanol–water partition coefficient (Wildman–Crippen LogP) is 1.95. The minimum Gasteiger partial charge on any atom is -0.399 e. The molecule has 4 heteroatoms. The van der Waals surface area contributed by atoms with Crippen molar-refractivity contribution in [1.29, 1.82) is 0 Å². The summed E-state index contributed by atoms with van der Waals surface area (Å²) in [6, 6.07) is 9.76. The van der Waals surface area contributed by atoms with Gasteiger partial charge in [-0.1, -0.05) is 12.1 Å². The van der Waals surface area contributed by atoms with Crippen molar-refractivity contribution in [2.45, 2.75) is 31.3 Å². The zero-order valence-corrected chi connectivity index (χ0v) is 14.0. The van der Waals surface area contributed by atoms with Gasteiger partial charge in [-0.25, -0.2) is 0 Å². The van der Waals surface area contributed by atoms with Crippen LogP contribution in [0.25, 0.3) is 0 Å². The summed E-state index contributed by atoms with van der Waals surface area (Å²) in [5, 5.41) is 3.50. The Morgan fingerprint density at radius 1 is 1.18 bits per heavy atom. The van der Waals surface area contributed by atoms with Crippen LogP contribution in [0.2, 0.25) is 0 Å². The Morgan fingerprint density at radius 2 is 1.86 bits per heavy atom. The van der Waals surface area contributed by atoms with Crippen molar-refractivity contribution in [3.63, 3.8) is 0 Å². The van der Waals surface area contributed by atoms with Crippen molar-refractivity contribution in [3.8, 4) is 0 Å². The number of hydrogen-bond acceptors (Lipinski definition) is 4. The summed E-state index contributed by atoms with van der Waals surface area (Å²) >= 11 is 0. The number of nitrogens with one attached hydrogen (secondary N) is 1. The fourth-order valence-corrected chi connectivity index (χ4v) is 4.16. The molecule has 2 saturated heterocycles. The number of likely N-dealkylation sites (tertiary alicyclic amines) is 1. The summed E-state index contributed by atoms with van der Waals surface area (Å²) in [5.74, 6) is 0.737. The summed E-state index contributed by atoms with van der Waals surface area (Å²) < 4.78 is 0. The van der Waals surface area contributed by atoms with Crippen LogP contribution in [0.1, 0.15) is 30.9 Å². The van der Waals surface area contributed by atoms with Crippen LogP contribution in [0.5, 0.6) is 0 Å². The van der Waals surface area contributed by atoms with Gasteiger partial charge in [0.1, 0.15) is 0 Å². The quantitative estimate of drug-likeness (QED) is 0.835. The van der Waals surface area contributed by atoms with Gasteiger partial charge in [0.05, 0.1) is 0 Å². The molecule has 0 radical (unpaired) electrons. The van der Waals surface area contributed by atoms with Gasteiger partial charge in [-0.15, -0.1) is 0 Å². The molecule has 0 bridgehead atoms. The van der Waals surface area contributed by atoms with Crippen LogP contribution < -0.4 is 11.1 Å². The van der Waals surface area contributed by atoms with Crippen LogP contribution >= 0.6 is 0 Å². The van der Waals surface area contributed by atoms with E-state index in [0.717, 1.165) is 24.7 Å². The lowest BCUT2D eigenvalue weighted by Gasteiger charge is -2.40. The van der Waals surface area contributed by atoms with Crippen molar-refractivity contribution in [2.75, 3.05) is 46.0 Å². The monoisotopic (exact) mass is 302 g/mol. The summed E-state index contributed by atoms with van der Waals surface area (Å²) in [6.07, 6.45) is 3.81. The van der Waals surface area contributed by atoms with Crippen LogP contribution in [-0.2, 0) is 0 Å². The maximum atomic E-state index is 5.89. The number of nitrogens with zero attached hydrogens (tertiary/aromatic N) is 2. The van der Waals surface area contributed by atoms with E-state index in [-0.39, 0.29) is 0 Å². The summed E-state index contributed by atoms with van der Waals surface area (Å²) in [6.45, 7) is 4.70. The molecule has 3 rings (SSSR count). The van der Waals surface area contributed by atoms with Crippen LogP contribution in [-0.4, -0.2) is 56.1 Å². The lowest BCUT2D eigenvalue weighted by atomic mass is 9.84. The number of piperidine rings is 1. The number of benzene rings is 1. The van der Waals surface area contributed by atoms with Crippen LogP contribution in [0.3, 0.4) is 0 Å². The van der Waals surface area contributed by atoms with E-state index in [2.05, 4.69) is 53.5 Å². The third-order valence-corrected chi connectivity index (χ3v) is 5.49. The molecular weight excluding hydrogens is 272 g/mol. The van der Waals surface area contributed by atoms with Crippen molar-refractivity contribution in [3.05, 3.63) is 29.8 Å². The Hall–Kier alpha value is -1.10. The van der Waals surface area contributed by atoms with Gasteiger partial charge < -0.3 is 16.0 Å². The first kappa shape index (κ1) is 15.8. The summed E-state index contributed by atoms with van der Waals surface area (Å²) in [4.78, 5) is 5.09. The van der Waals surface area contributed by atoms with E-state index in [9.17, 15) is 0 Å². The molecule has 2 fully saturated rings. The first-order chi connectivity index (χ1) is 10.6. The highest BCUT2D eigenvalue weighted by Crippen LogP contribution is 2.36. The standard InChI is InChI=1S/C18H30N4/c1-21-12-9-17(13-21)22(2)18(15-7-10-20-11-8-15)14-3-5-16(19)6-4-14/h3-6,15,17-18,20H,7-13,19H2,1-2H3. The van der Waals surface area contributed by atoms with Gasteiger partial charge >= 0.3 is 0 Å². The molecule has 1 aromatic carbocycles. The molecule has 4 nitrogen and oxygen atoms in total. The molecule has 122 valence electrons. The molecule has 2 atom stereocenters. The number of hydrogen-bond donors (Lipinski definition) is 2. The van der Waals surface area contributed by atoms with Crippen LogP contribution in [0.15, 0.2) is 24.3 Å². The van der Waals surface area contributed by atoms with Crippen molar-refractivity contribution in [2.24, 2.45) is 5.92 Å². The van der Waals surface area contributed by atoms with Gasteiger partial charge in [-0.3, -0.25) is 4.90 Å². The van der Waals surface area contributed by atoms with Crippen LogP contribution in [0.4, 0.5) is 5.69 Å². The summed E-state index contributed by atoms with van der Waals surface area (Å²) in [5.41, 5.74) is 8.18. The molecule has 22 heavy (non-hydrogen) atoms. The molecule has 0 aliphatic carbocycles. The fraction of sp³-hybridized carbons (Fsp3) is 0.667. The minimum atomic E-state index is 0.513. The molecule has 0 saturated carbocycles. The van der Waals surface area contributed by atoms with Gasteiger partial charge in [0.2, 0.25) is 0 Å². The highest BCUT2D eigenvalue weighted by Gasteiger charge is 2.34. The molecule has 0 spiro atoms. The zero-order valence-electron chi connectivity index (χ0n) is 14.0. The number of nitrogen functional groups attached to an aromatic ring is 1. The molecule has 2 aliphatic rings. The molecule has 3 N–H and O–H groups in total. The van der Waals surface area contributed by atoms with Gasteiger partial charge in [0.25, 0.3) is 0 Å². The van der Waals surface area contributed by atoms with Crippen LogP contribution in [0, 0.1) is 5.92 Å². The van der Waals surface area contributed by atoms with Gasteiger partial charge in [0.15, 0.2) is 0 Å². The Bertz CT molecular complexity index is 466. The normalized spacial score (nSPS) is 25.7. The molecule has 2 aliphatic heterocycles. The average molecular weight is 302 g/mol. The average Bonchev–Trinajstić information content (AvgIpc) is 2.97. The number of likely N-dealkylation sites (N-methyl/N-ethyl adjacent to an activating group) is 2. The molecule has 2 heterocycles. The van der Waals surface area contributed by atoms with Gasteiger partial charge in [-0.05, 0) is 76.6 Å². The lowest BCUT2D eigenvalue weighted by Crippen LogP contribution is -2.42. The van der Waals surface area contributed by atoms with E-state index in [1.54, 1.807) is 0 Å². The Labute approximate surface area is 134 Å². The van der Waals surface area contributed by atoms with E-state index in [1.165, 1.54) is 37.9 Å². The second-order valence-electron chi connectivity index (χ2n) is 7.07. The van der Waals surface area contributed by atoms with Crippen molar-refractivity contribution in [1.82, 2.24) is 15.1 Å². The maximum Gasteiger partial charge on any atom is 0.0377 e. The second kappa shape index (κ2) is 6.99. The Morgan fingerprint density at radius 3 is 2.45 bits per heavy atom. The largest absolute Gasteiger partial charge is 0.399 e. The number of nitrogens with two attached hydrogens (primary N) is 1.